The van der Waals surface area contributed by atoms with Crippen molar-refractivity contribution in [3.63, 3.8) is 0 Å². The third kappa shape index (κ3) is 2.66. The van der Waals surface area contributed by atoms with E-state index in [9.17, 15) is 9.59 Å². The molecule has 0 unspecified atom stereocenters. The van der Waals surface area contributed by atoms with Gasteiger partial charge in [-0.1, -0.05) is 29.8 Å². The number of ketones is 1. The topological polar surface area (TPSA) is 67.5 Å². The second kappa shape index (κ2) is 4.87. The lowest BCUT2D eigenvalue weighted by molar-refractivity contribution is 0.0660. The molecule has 1 aromatic carbocycles. The lowest BCUT2D eigenvalue weighted by Gasteiger charge is -2.00. The molecule has 18 heavy (non-hydrogen) atoms. The predicted octanol–water partition coefficient (Wildman–Crippen LogP) is 2.71. The predicted molar refractivity (Wildman–Crippen MR) is 64.9 cm³/mol. The number of carbonyl (C=O) groups is 2. The van der Waals surface area contributed by atoms with Gasteiger partial charge in [-0.05, 0) is 24.6 Å². The molecule has 0 radical (unpaired) electrons. The standard InChI is InChI=1S/C14H12O4/c1-9-3-2-4-10(7-9)8-11(15)12-5-6-13(18-12)14(16)17/h2-7H,8H2,1H3,(H,16,17). The Kier molecular flexibility index (Phi) is 3.28. The SMILES string of the molecule is Cc1cccc(CC(=O)c2ccc(C(=O)O)o2)c1. The number of aromatic carboxylic acids is 1. The Morgan fingerprint density at radius 2 is 1.89 bits per heavy atom. The van der Waals surface area contributed by atoms with Gasteiger partial charge in [0.1, 0.15) is 0 Å². The van der Waals surface area contributed by atoms with Gasteiger partial charge >= 0.3 is 5.97 Å². The summed E-state index contributed by atoms with van der Waals surface area (Å²) in [5.41, 5.74) is 1.96. The smallest absolute Gasteiger partial charge is 0.371 e. The minimum absolute atomic E-state index is 0.0777. The van der Waals surface area contributed by atoms with E-state index in [-0.39, 0.29) is 23.7 Å². The molecule has 0 saturated heterocycles. The van der Waals surface area contributed by atoms with Crippen molar-refractivity contribution >= 4 is 11.8 Å². The Balaban J connectivity index is 2.14. The van der Waals surface area contributed by atoms with Crippen LogP contribution in [0.4, 0.5) is 0 Å². The van der Waals surface area contributed by atoms with Crippen LogP contribution in [0, 0.1) is 6.92 Å². The summed E-state index contributed by atoms with van der Waals surface area (Å²) in [4.78, 5) is 22.5. The van der Waals surface area contributed by atoms with E-state index in [4.69, 9.17) is 9.52 Å². The minimum Gasteiger partial charge on any atom is -0.475 e. The zero-order valence-corrected chi connectivity index (χ0v) is 9.84. The number of aryl methyl sites for hydroxylation is 1. The first kappa shape index (κ1) is 12.1. The quantitative estimate of drug-likeness (QED) is 0.839. The van der Waals surface area contributed by atoms with Gasteiger partial charge in [0.2, 0.25) is 11.5 Å². The van der Waals surface area contributed by atoms with Gasteiger partial charge in [-0.2, -0.15) is 0 Å². The van der Waals surface area contributed by atoms with Crippen molar-refractivity contribution in [1.29, 1.82) is 0 Å². The molecule has 1 aromatic heterocycles. The summed E-state index contributed by atoms with van der Waals surface area (Å²) < 4.78 is 4.96. The van der Waals surface area contributed by atoms with Crippen LogP contribution >= 0.6 is 0 Å². The molecule has 0 spiro atoms. The highest BCUT2D eigenvalue weighted by Gasteiger charge is 2.15. The van der Waals surface area contributed by atoms with Gasteiger partial charge in [-0.3, -0.25) is 4.79 Å². The van der Waals surface area contributed by atoms with E-state index in [1.165, 1.54) is 12.1 Å². The third-order valence-electron chi connectivity index (χ3n) is 2.54. The van der Waals surface area contributed by atoms with Crippen molar-refractivity contribution in [3.05, 3.63) is 59.0 Å². The number of benzene rings is 1. The maximum Gasteiger partial charge on any atom is 0.371 e. The van der Waals surface area contributed by atoms with E-state index in [0.29, 0.717) is 0 Å². The molecule has 4 heteroatoms. The summed E-state index contributed by atoms with van der Waals surface area (Å²) >= 11 is 0. The minimum atomic E-state index is -1.18. The molecule has 0 aliphatic carbocycles. The number of carboxylic acids is 1. The van der Waals surface area contributed by atoms with Crippen LogP contribution in [0.2, 0.25) is 0 Å². The zero-order valence-electron chi connectivity index (χ0n) is 9.84. The Morgan fingerprint density at radius 1 is 1.17 bits per heavy atom. The molecule has 92 valence electrons. The fourth-order valence-corrected chi connectivity index (χ4v) is 1.70. The van der Waals surface area contributed by atoms with Gasteiger partial charge in [0.05, 0.1) is 0 Å². The van der Waals surface area contributed by atoms with E-state index in [1.54, 1.807) is 0 Å². The summed E-state index contributed by atoms with van der Waals surface area (Å²) in [5, 5.41) is 8.70. The molecular formula is C14H12O4. The Bertz CT molecular complexity index is 595. The Hall–Kier alpha value is -2.36. The largest absolute Gasteiger partial charge is 0.475 e. The van der Waals surface area contributed by atoms with Crippen molar-refractivity contribution in [2.75, 3.05) is 0 Å². The number of carboxylic acid groups (broad SMARTS) is 1. The highest BCUT2D eigenvalue weighted by atomic mass is 16.4. The average Bonchev–Trinajstić information content (AvgIpc) is 2.78. The maximum atomic E-state index is 11.9. The summed E-state index contributed by atoms with van der Waals surface area (Å²) in [6.45, 7) is 1.95. The summed E-state index contributed by atoms with van der Waals surface area (Å²) in [5.74, 6) is -1.55. The van der Waals surface area contributed by atoms with Gasteiger partial charge in [0.15, 0.2) is 5.76 Å². The molecule has 0 amide bonds. The van der Waals surface area contributed by atoms with Crippen molar-refractivity contribution in [2.45, 2.75) is 13.3 Å². The Morgan fingerprint density at radius 3 is 2.50 bits per heavy atom. The first-order valence-electron chi connectivity index (χ1n) is 5.48. The maximum absolute atomic E-state index is 11.9. The average molecular weight is 244 g/mol. The monoisotopic (exact) mass is 244 g/mol. The van der Waals surface area contributed by atoms with Crippen LogP contribution in [0.1, 0.15) is 32.2 Å². The molecular weight excluding hydrogens is 232 g/mol. The van der Waals surface area contributed by atoms with Crippen molar-refractivity contribution in [1.82, 2.24) is 0 Å². The molecule has 4 nitrogen and oxygen atoms in total. The molecule has 0 bridgehead atoms. The van der Waals surface area contributed by atoms with Gasteiger partial charge < -0.3 is 9.52 Å². The van der Waals surface area contributed by atoms with Gasteiger partial charge in [-0.15, -0.1) is 0 Å². The van der Waals surface area contributed by atoms with Crippen molar-refractivity contribution in [2.24, 2.45) is 0 Å². The lowest BCUT2D eigenvalue weighted by Crippen LogP contribution is -2.02. The molecule has 2 rings (SSSR count). The van der Waals surface area contributed by atoms with E-state index < -0.39 is 5.97 Å². The van der Waals surface area contributed by atoms with E-state index in [2.05, 4.69) is 0 Å². The van der Waals surface area contributed by atoms with Crippen LogP contribution in [0.5, 0.6) is 0 Å². The lowest BCUT2D eigenvalue weighted by atomic mass is 10.1. The van der Waals surface area contributed by atoms with Crippen LogP contribution < -0.4 is 0 Å². The number of hydrogen-bond donors (Lipinski definition) is 1. The number of hydrogen-bond acceptors (Lipinski definition) is 3. The van der Waals surface area contributed by atoms with Crippen LogP contribution in [0.3, 0.4) is 0 Å². The van der Waals surface area contributed by atoms with Crippen molar-refractivity contribution < 1.29 is 19.1 Å². The molecule has 0 atom stereocenters. The molecule has 0 aliphatic rings. The molecule has 1 N–H and O–H groups in total. The number of Topliss-reactive ketones (excluding diaryl/α,β-unsaturated/α-hetero) is 1. The molecule has 1 heterocycles. The van der Waals surface area contributed by atoms with Gasteiger partial charge in [0, 0.05) is 6.42 Å². The highest BCUT2D eigenvalue weighted by molar-refractivity contribution is 5.96. The van der Waals surface area contributed by atoms with Crippen molar-refractivity contribution in [3.8, 4) is 0 Å². The summed E-state index contributed by atoms with van der Waals surface area (Å²) in [6, 6.07) is 10.3. The van der Waals surface area contributed by atoms with Crippen LogP contribution in [0.25, 0.3) is 0 Å². The van der Waals surface area contributed by atoms with Crippen LogP contribution in [-0.4, -0.2) is 16.9 Å². The number of carbonyl (C=O) groups excluding carboxylic acids is 1. The fourth-order valence-electron chi connectivity index (χ4n) is 1.70. The third-order valence-corrected chi connectivity index (χ3v) is 2.54. The van der Waals surface area contributed by atoms with E-state index >= 15 is 0 Å². The van der Waals surface area contributed by atoms with Crippen LogP contribution in [-0.2, 0) is 6.42 Å². The highest BCUT2D eigenvalue weighted by Crippen LogP contribution is 2.12. The molecule has 0 fully saturated rings. The second-order valence-corrected chi connectivity index (χ2v) is 4.06. The molecule has 0 saturated carbocycles. The second-order valence-electron chi connectivity index (χ2n) is 4.06. The van der Waals surface area contributed by atoms with Gasteiger partial charge in [0.25, 0.3) is 0 Å². The summed E-state index contributed by atoms with van der Waals surface area (Å²) in [7, 11) is 0. The van der Waals surface area contributed by atoms with Crippen LogP contribution in [0.15, 0.2) is 40.8 Å². The Labute approximate surface area is 104 Å². The molecule has 0 aliphatic heterocycles. The number of furan rings is 1. The zero-order chi connectivity index (χ0) is 13.1. The van der Waals surface area contributed by atoms with E-state index in [1.807, 2.05) is 31.2 Å². The van der Waals surface area contributed by atoms with E-state index in [0.717, 1.165) is 11.1 Å². The number of rotatable bonds is 4. The first-order chi connectivity index (χ1) is 8.56. The first-order valence-corrected chi connectivity index (χ1v) is 5.48. The molecule has 2 aromatic rings. The summed E-state index contributed by atoms with van der Waals surface area (Å²) in [6.07, 6.45) is 0.203. The van der Waals surface area contributed by atoms with Gasteiger partial charge in [-0.25, -0.2) is 4.79 Å². The normalized spacial score (nSPS) is 10.3. The fraction of sp³-hybridized carbons (Fsp3) is 0.143.